The van der Waals surface area contributed by atoms with E-state index >= 15 is 0 Å². The lowest BCUT2D eigenvalue weighted by atomic mass is 9.98. The number of H-pyrrole nitrogens is 1. The molecular weight excluding hydrogens is 449 g/mol. The predicted molar refractivity (Wildman–Crippen MR) is 138 cm³/mol. The first kappa shape index (κ1) is 28.0. The Morgan fingerprint density at radius 1 is 1.23 bits per heavy atom. The number of halogens is 3. The Hall–Kier alpha value is -3.27. The summed E-state index contributed by atoms with van der Waals surface area (Å²) in [5, 5.41) is 13.6. The van der Waals surface area contributed by atoms with Crippen molar-refractivity contribution in [2.75, 3.05) is 12.4 Å². The van der Waals surface area contributed by atoms with Gasteiger partial charge in [0.25, 0.3) is 0 Å². The molecule has 1 saturated carbocycles. The molecule has 0 unspecified atom stereocenters. The lowest BCUT2D eigenvalue weighted by Crippen LogP contribution is -2.24. The summed E-state index contributed by atoms with van der Waals surface area (Å²) in [7, 11) is 1.86. The van der Waals surface area contributed by atoms with Crippen LogP contribution in [0, 0.1) is 23.2 Å². The summed E-state index contributed by atoms with van der Waals surface area (Å²) in [5.74, 6) is -0.794. The van der Waals surface area contributed by atoms with Gasteiger partial charge in [-0.15, -0.1) is 6.58 Å². The van der Waals surface area contributed by atoms with Gasteiger partial charge in [0.05, 0.1) is 34.8 Å². The highest BCUT2D eigenvalue weighted by molar-refractivity contribution is 5.93. The third-order valence-electron chi connectivity index (χ3n) is 6.10. The Morgan fingerprint density at radius 2 is 1.89 bits per heavy atom. The molecule has 35 heavy (non-hydrogen) atoms. The number of hydrogen-bond donors (Lipinski definition) is 2. The first-order valence-electron chi connectivity index (χ1n) is 11.9. The molecule has 1 atom stereocenters. The fourth-order valence-electron chi connectivity index (χ4n) is 3.26. The average molecular weight is 485 g/mol. The fraction of sp³-hybridized carbons (Fsp3) is 0.429. The molecule has 0 amide bonds. The van der Waals surface area contributed by atoms with Crippen molar-refractivity contribution in [3.05, 3.63) is 60.3 Å². The second kappa shape index (κ2) is 12.4. The zero-order chi connectivity index (χ0) is 26.2. The van der Waals surface area contributed by atoms with Crippen molar-refractivity contribution in [2.24, 2.45) is 11.8 Å². The molecule has 4 nitrogen and oxygen atoms in total. The molecule has 2 heterocycles. The second-order valence-corrected chi connectivity index (χ2v) is 9.02. The van der Waals surface area contributed by atoms with Crippen LogP contribution in [-0.4, -0.2) is 23.2 Å². The molecule has 1 aliphatic carbocycles. The van der Waals surface area contributed by atoms with Crippen LogP contribution in [0.15, 0.2) is 49.2 Å². The van der Waals surface area contributed by atoms with Gasteiger partial charge in [-0.1, -0.05) is 45.9 Å². The van der Waals surface area contributed by atoms with Crippen molar-refractivity contribution < 1.29 is 13.2 Å². The summed E-state index contributed by atoms with van der Waals surface area (Å²) in [6, 6.07) is 12.6. The standard InChI is InChI=1S/C18H16N4.C6H11F3.C4H8/c1-20-13-5-7-16(21-10-13)18-15(9-19)14-6-4-12(11-2-3-11)8-17(14)22-18;1-4(2)5(3)6(7,8)9;1-3-4-2/h4-8,10-11,20,22H,2-3H2,1H3;4-5H,1-3H3;3H,1,4H2,2H3/t;5-;/m.1./s1. The molecule has 4 rings (SSSR count). The largest absolute Gasteiger partial charge is 0.391 e. The van der Waals surface area contributed by atoms with E-state index in [0.29, 0.717) is 11.5 Å². The highest BCUT2D eigenvalue weighted by atomic mass is 19.4. The highest BCUT2D eigenvalue weighted by Crippen LogP contribution is 2.41. The molecule has 0 saturated heterocycles. The summed E-state index contributed by atoms with van der Waals surface area (Å²) in [6.07, 6.45) is 3.26. The minimum absolute atomic E-state index is 0.315. The quantitative estimate of drug-likeness (QED) is 0.357. The Balaban J connectivity index is 0.000000279. The van der Waals surface area contributed by atoms with Crippen molar-refractivity contribution in [1.29, 1.82) is 5.26 Å². The van der Waals surface area contributed by atoms with Crippen LogP contribution in [-0.2, 0) is 0 Å². The number of pyridine rings is 1. The number of benzene rings is 1. The maximum atomic E-state index is 11.7. The molecule has 0 aliphatic heterocycles. The van der Waals surface area contributed by atoms with Crippen LogP contribution in [0.5, 0.6) is 0 Å². The molecule has 2 N–H and O–H groups in total. The van der Waals surface area contributed by atoms with E-state index in [2.05, 4.69) is 53.1 Å². The molecule has 188 valence electrons. The van der Waals surface area contributed by atoms with Crippen molar-refractivity contribution in [2.45, 2.75) is 59.1 Å². The number of alkyl halides is 3. The summed E-state index contributed by atoms with van der Waals surface area (Å²) in [6.45, 7) is 9.88. The molecule has 0 bridgehead atoms. The van der Waals surface area contributed by atoms with Gasteiger partial charge in [0, 0.05) is 18.0 Å². The van der Waals surface area contributed by atoms with Crippen LogP contribution in [0.1, 0.15) is 64.0 Å². The Bertz CT molecular complexity index is 1130. The molecule has 2 aromatic heterocycles. The number of fused-ring (bicyclic) bond motifs is 1. The summed E-state index contributed by atoms with van der Waals surface area (Å²) in [5.41, 5.74) is 5.60. The third-order valence-corrected chi connectivity index (χ3v) is 6.10. The van der Waals surface area contributed by atoms with Crippen LogP contribution in [0.2, 0.25) is 0 Å². The van der Waals surface area contributed by atoms with Gasteiger partial charge in [-0.05, 0) is 54.9 Å². The zero-order valence-corrected chi connectivity index (χ0v) is 21.1. The fourth-order valence-corrected chi connectivity index (χ4v) is 3.26. The van der Waals surface area contributed by atoms with Crippen LogP contribution in [0.25, 0.3) is 22.3 Å². The van der Waals surface area contributed by atoms with Crippen LogP contribution in [0.4, 0.5) is 18.9 Å². The molecule has 7 heteroatoms. The van der Waals surface area contributed by atoms with Crippen molar-refractivity contribution in [3.8, 4) is 17.5 Å². The van der Waals surface area contributed by atoms with Crippen LogP contribution < -0.4 is 5.32 Å². The number of allylic oxidation sites excluding steroid dienone is 1. The average Bonchev–Trinajstić information content (AvgIpc) is 3.63. The van der Waals surface area contributed by atoms with Gasteiger partial charge in [-0.25, -0.2) is 0 Å². The van der Waals surface area contributed by atoms with E-state index < -0.39 is 12.1 Å². The number of rotatable bonds is 5. The minimum Gasteiger partial charge on any atom is -0.387 e. The molecule has 1 aliphatic rings. The molecule has 3 aromatic rings. The van der Waals surface area contributed by atoms with Gasteiger partial charge in [0.15, 0.2) is 0 Å². The van der Waals surface area contributed by atoms with Gasteiger partial charge in [0.1, 0.15) is 6.07 Å². The van der Waals surface area contributed by atoms with E-state index in [9.17, 15) is 18.4 Å². The number of aromatic nitrogens is 2. The van der Waals surface area contributed by atoms with Crippen molar-refractivity contribution in [3.63, 3.8) is 0 Å². The normalized spacial score (nSPS) is 13.7. The second-order valence-electron chi connectivity index (χ2n) is 9.02. The molecule has 0 spiro atoms. The van der Waals surface area contributed by atoms with Gasteiger partial charge < -0.3 is 10.3 Å². The third kappa shape index (κ3) is 7.61. The Labute approximate surface area is 206 Å². The van der Waals surface area contributed by atoms with Crippen LogP contribution >= 0.6 is 0 Å². The molecule has 1 aromatic carbocycles. The van der Waals surface area contributed by atoms with E-state index in [0.717, 1.165) is 34.4 Å². The number of nitrogens with zero attached hydrogens (tertiary/aromatic N) is 2. The number of nitriles is 1. The van der Waals surface area contributed by atoms with Gasteiger partial charge in [-0.3, -0.25) is 4.98 Å². The van der Waals surface area contributed by atoms with Gasteiger partial charge >= 0.3 is 6.18 Å². The minimum atomic E-state index is -4.02. The first-order chi connectivity index (χ1) is 16.6. The monoisotopic (exact) mass is 484 g/mol. The van der Waals surface area contributed by atoms with E-state index in [1.165, 1.54) is 25.3 Å². The lowest BCUT2D eigenvalue weighted by molar-refractivity contribution is -0.180. The van der Waals surface area contributed by atoms with E-state index in [1.54, 1.807) is 20.0 Å². The highest BCUT2D eigenvalue weighted by Gasteiger charge is 2.37. The number of hydrogen-bond acceptors (Lipinski definition) is 3. The molecule has 1 fully saturated rings. The molecule has 0 radical (unpaired) electrons. The predicted octanol–water partition coefficient (Wildman–Crippen LogP) is 8.44. The zero-order valence-electron chi connectivity index (χ0n) is 21.1. The SMILES string of the molecule is C=CCC.CC(C)[C@@H](C)C(F)(F)F.CNc1ccc(-c2[nH]c3cc(C4CC4)ccc3c2C#N)nc1. The summed E-state index contributed by atoms with van der Waals surface area (Å²) in [4.78, 5) is 7.84. The van der Waals surface area contributed by atoms with Crippen LogP contribution in [0.3, 0.4) is 0 Å². The summed E-state index contributed by atoms with van der Waals surface area (Å²) < 4.78 is 35.1. The van der Waals surface area contributed by atoms with E-state index in [4.69, 9.17) is 0 Å². The Kier molecular flexibility index (Phi) is 9.94. The van der Waals surface area contributed by atoms with E-state index in [1.807, 2.05) is 25.3 Å². The lowest BCUT2D eigenvalue weighted by Gasteiger charge is -2.18. The Morgan fingerprint density at radius 3 is 2.29 bits per heavy atom. The van der Waals surface area contributed by atoms with Crippen molar-refractivity contribution >= 4 is 16.6 Å². The summed E-state index contributed by atoms with van der Waals surface area (Å²) >= 11 is 0. The van der Waals surface area contributed by atoms with Gasteiger partial charge in [0.2, 0.25) is 0 Å². The number of aromatic amines is 1. The van der Waals surface area contributed by atoms with Crippen molar-refractivity contribution in [1.82, 2.24) is 9.97 Å². The maximum absolute atomic E-state index is 11.7. The van der Waals surface area contributed by atoms with Gasteiger partial charge in [-0.2, -0.15) is 18.4 Å². The molecular formula is C28H35F3N4. The first-order valence-corrected chi connectivity index (χ1v) is 11.9. The maximum Gasteiger partial charge on any atom is 0.391 e. The number of anilines is 1. The van der Waals surface area contributed by atoms with E-state index in [-0.39, 0.29) is 5.92 Å². The smallest absolute Gasteiger partial charge is 0.387 e. The number of nitrogens with one attached hydrogen (secondary N) is 2. The topological polar surface area (TPSA) is 64.5 Å².